The third-order valence-corrected chi connectivity index (χ3v) is 2.36. The van der Waals surface area contributed by atoms with Crippen LogP contribution in [0.25, 0.3) is 5.57 Å². The molecule has 2 N–H and O–H groups in total. The van der Waals surface area contributed by atoms with E-state index in [0.29, 0.717) is 6.54 Å². The lowest BCUT2D eigenvalue weighted by Crippen LogP contribution is -2.15. The van der Waals surface area contributed by atoms with Crippen molar-refractivity contribution in [2.24, 2.45) is 5.73 Å². The molecule has 1 nitrogen and oxygen atoms in total. The van der Waals surface area contributed by atoms with Gasteiger partial charge in [0.05, 0.1) is 0 Å². The molecule has 0 saturated carbocycles. The van der Waals surface area contributed by atoms with E-state index in [2.05, 4.69) is 45.5 Å². The van der Waals surface area contributed by atoms with Crippen molar-refractivity contribution in [1.29, 1.82) is 0 Å². The first-order chi connectivity index (χ1) is 6.46. The third-order valence-electron chi connectivity index (χ3n) is 2.36. The molecular formula is C13H19N. The molecule has 76 valence electrons. The highest BCUT2D eigenvalue weighted by Crippen LogP contribution is 2.28. The van der Waals surface area contributed by atoms with Crippen LogP contribution in [0, 0.1) is 0 Å². The summed E-state index contributed by atoms with van der Waals surface area (Å²) >= 11 is 0. The smallest absolute Gasteiger partial charge is 0.0178 e. The maximum absolute atomic E-state index is 5.62. The molecule has 1 heteroatoms. The number of nitrogens with two attached hydrogens (primary N) is 1. The highest BCUT2D eigenvalue weighted by molar-refractivity contribution is 5.68. The summed E-state index contributed by atoms with van der Waals surface area (Å²) in [6.07, 6.45) is 0. The van der Waals surface area contributed by atoms with Crippen molar-refractivity contribution in [1.82, 2.24) is 0 Å². The predicted octanol–water partition coefficient (Wildman–Crippen LogP) is 2.96. The van der Waals surface area contributed by atoms with E-state index < -0.39 is 0 Å². The first-order valence-corrected chi connectivity index (χ1v) is 4.94. The lowest BCUT2D eigenvalue weighted by atomic mass is 9.82. The fourth-order valence-corrected chi connectivity index (χ4v) is 1.56. The molecule has 0 spiro atoms. The van der Waals surface area contributed by atoms with Gasteiger partial charge in [-0.3, -0.25) is 0 Å². The topological polar surface area (TPSA) is 26.0 Å². The number of hydrogen-bond donors (Lipinski definition) is 1. The fourth-order valence-electron chi connectivity index (χ4n) is 1.56. The molecule has 0 aliphatic carbocycles. The Morgan fingerprint density at radius 3 is 2.36 bits per heavy atom. The van der Waals surface area contributed by atoms with Gasteiger partial charge in [0.15, 0.2) is 0 Å². The Morgan fingerprint density at radius 2 is 1.86 bits per heavy atom. The fraction of sp³-hybridized carbons (Fsp3) is 0.385. The summed E-state index contributed by atoms with van der Waals surface area (Å²) in [5, 5.41) is 0. The van der Waals surface area contributed by atoms with Gasteiger partial charge in [0.2, 0.25) is 0 Å². The van der Waals surface area contributed by atoms with Crippen LogP contribution in [0.2, 0.25) is 0 Å². The second-order valence-electron chi connectivity index (χ2n) is 4.60. The van der Waals surface area contributed by atoms with E-state index in [1.807, 2.05) is 6.07 Å². The van der Waals surface area contributed by atoms with Gasteiger partial charge in [0.25, 0.3) is 0 Å². The minimum absolute atomic E-state index is 0.148. The van der Waals surface area contributed by atoms with E-state index in [0.717, 1.165) is 5.57 Å². The molecule has 0 saturated heterocycles. The van der Waals surface area contributed by atoms with E-state index in [1.54, 1.807) is 0 Å². The summed E-state index contributed by atoms with van der Waals surface area (Å²) in [7, 11) is 0. The van der Waals surface area contributed by atoms with Crippen LogP contribution >= 0.6 is 0 Å². The second kappa shape index (κ2) is 3.97. The van der Waals surface area contributed by atoms with E-state index in [9.17, 15) is 0 Å². The lowest BCUT2D eigenvalue weighted by Gasteiger charge is -2.23. The van der Waals surface area contributed by atoms with Crippen molar-refractivity contribution in [3.05, 3.63) is 42.0 Å². The van der Waals surface area contributed by atoms with Gasteiger partial charge in [-0.2, -0.15) is 0 Å². The predicted molar refractivity (Wildman–Crippen MR) is 63.2 cm³/mol. The van der Waals surface area contributed by atoms with Crippen LogP contribution in [-0.4, -0.2) is 6.54 Å². The monoisotopic (exact) mass is 189 g/mol. The normalized spacial score (nSPS) is 11.4. The SMILES string of the molecule is C=C(CN)c1ccccc1C(C)(C)C. The van der Waals surface area contributed by atoms with Crippen molar-refractivity contribution in [3.8, 4) is 0 Å². The van der Waals surface area contributed by atoms with Crippen LogP contribution in [0.3, 0.4) is 0 Å². The highest BCUT2D eigenvalue weighted by atomic mass is 14.5. The summed E-state index contributed by atoms with van der Waals surface area (Å²) in [5.41, 5.74) is 9.29. The lowest BCUT2D eigenvalue weighted by molar-refractivity contribution is 0.588. The maximum Gasteiger partial charge on any atom is 0.0178 e. The summed E-state index contributed by atoms with van der Waals surface area (Å²) < 4.78 is 0. The molecule has 0 aliphatic heterocycles. The summed E-state index contributed by atoms with van der Waals surface area (Å²) in [6, 6.07) is 8.34. The van der Waals surface area contributed by atoms with Crippen LogP contribution in [0.1, 0.15) is 31.9 Å². The van der Waals surface area contributed by atoms with E-state index >= 15 is 0 Å². The van der Waals surface area contributed by atoms with Gasteiger partial charge < -0.3 is 5.73 Å². The molecule has 1 aromatic carbocycles. The quantitative estimate of drug-likeness (QED) is 0.760. The van der Waals surface area contributed by atoms with E-state index in [4.69, 9.17) is 5.73 Å². The Kier molecular flexibility index (Phi) is 3.12. The van der Waals surface area contributed by atoms with Crippen molar-refractivity contribution in [3.63, 3.8) is 0 Å². The largest absolute Gasteiger partial charge is 0.326 e. The zero-order valence-electron chi connectivity index (χ0n) is 9.30. The van der Waals surface area contributed by atoms with Crippen molar-refractivity contribution < 1.29 is 0 Å². The Hall–Kier alpha value is -1.08. The van der Waals surface area contributed by atoms with Gasteiger partial charge in [-0.15, -0.1) is 0 Å². The standard InChI is InChI=1S/C13H19N/c1-10(9-14)11-7-5-6-8-12(11)13(2,3)4/h5-8H,1,9,14H2,2-4H3. The van der Waals surface area contributed by atoms with E-state index in [-0.39, 0.29) is 5.41 Å². The summed E-state index contributed by atoms with van der Waals surface area (Å²) in [4.78, 5) is 0. The Balaban J connectivity index is 3.23. The third kappa shape index (κ3) is 2.24. The van der Waals surface area contributed by atoms with Crippen LogP contribution in [0.4, 0.5) is 0 Å². The van der Waals surface area contributed by atoms with Gasteiger partial charge in [-0.25, -0.2) is 0 Å². The first kappa shape index (κ1) is 11.0. The van der Waals surface area contributed by atoms with E-state index in [1.165, 1.54) is 11.1 Å². The summed E-state index contributed by atoms with van der Waals surface area (Å²) in [5.74, 6) is 0. The molecule has 1 aromatic rings. The molecule has 0 aromatic heterocycles. The molecule has 0 amide bonds. The second-order valence-corrected chi connectivity index (χ2v) is 4.60. The molecule has 0 bridgehead atoms. The zero-order valence-corrected chi connectivity index (χ0v) is 9.30. The first-order valence-electron chi connectivity index (χ1n) is 4.94. The number of rotatable bonds is 2. The van der Waals surface area contributed by atoms with Crippen LogP contribution in [0.15, 0.2) is 30.8 Å². The molecule has 0 heterocycles. The molecule has 0 unspecified atom stereocenters. The van der Waals surface area contributed by atoms with Gasteiger partial charge in [0, 0.05) is 6.54 Å². The average molecular weight is 189 g/mol. The number of benzene rings is 1. The molecule has 0 atom stereocenters. The summed E-state index contributed by atoms with van der Waals surface area (Å²) in [6.45, 7) is 11.1. The Bertz CT molecular complexity index is 331. The van der Waals surface area contributed by atoms with Gasteiger partial charge in [-0.05, 0) is 22.1 Å². The Labute approximate surface area is 86.6 Å². The van der Waals surface area contributed by atoms with Gasteiger partial charge in [0.1, 0.15) is 0 Å². The van der Waals surface area contributed by atoms with Crippen LogP contribution in [-0.2, 0) is 5.41 Å². The van der Waals surface area contributed by atoms with Crippen LogP contribution < -0.4 is 5.73 Å². The molecule has 1 rings (SSSR count). The average Bonchev–Trinajstić information content (AvgIpc) is 2.15. The van der Waals surface area contributed by atoms with Gasteiger partial charge >= 0.3 is 0 Å². The van der Waals surface area contributed by atoms with Crippen LogP contribution in [0.5, 0.6) is 0 Å². The molecule has 14 heavy (non-hydrogen) atoms. The minimum atomic E-state index is 0.148. The van der Waals surface area contributed by atoms with Crippen molar-refractivity contribution >= 4 is 5.57 Å². The minimum Gasteiger partial charge on any atom is -0.326 e. The highest BCUT2D eigenvalue weighted by Gasteiger charge is 2.17. The van der Waals surface area contributed by atoms with Crippen molar-refractivity contribution in [2.45, 2.75) is 26.2 Å². The molecule has 0 radical (unpaired) electrons. The molecular weight excluding hydrogens is 170 g/mol. The molecule has 0 fully saturated rings. The maximum atomic E-state index is 5.62. The molecule has 0 aliphatic rings. The Morgan fingerprint density at radius 1 is 1.29 bits per heavy atom. The number of hydrogen-bond acceptors (Lipinski definition) is 1. The van der Waals surface area contributed by atoms with Crippen molar-refractivity contribution in [2.75, 3.05) is 6.54 Å². The zero-order chi connectivity index (χ0) is 10.8. The van der Waals surface area contributed by atoms with Gasteiger partial charge in [-0.1, -0.05) is 51.6 Å².